The summed E-state index contributed by atoms with van der Waals surface area (Å²) in [6.07, 6.45) is -6.04. The molecule has 0 fully saturated rings. The van der Waals surface area contributed by atoms with Gasteiger partial charge in [-0.25, -0.2) is 0 Å². The third-order valence-corrected chi connectivity index (χ3v) is 9.20. The summed E-state index contributed by atoms with van der Waals surface area (Å²) in [6.45, 7) is 16.7. The molecular weight excluding hydrogens is 716 g/mol. The molecule has 0 saturated heterocycles. The second-order valence-electron chi connectivity index (χ2n) is 10.6. The third kappa shape index (κ3) is 7.18. The number of benzene rings is 3. The van der Waals surface area contributed by atoms with Crippen LogP contribution in [0.25, 0.3) is 43.3 Å². The maximum atomic E-state index is 14.1. The molecule has 3 aromatic carbocycles. The SMILES string of the molecule is [C-]#[N+]C([N+]#[C-])=C1Cc2c(-c3ccc(SC(F)(F)F)cc3)c3c(c(-c4ccc(SC(F)(F)F)cc4)c2=C1C)CC(=C(C#N)C#N)C=3OC(F)(F)F. The average molecular weight is 731 g/mol. The minimum Gasteiger partial charge on any atom is -0.405 e. The number of halogens is 9. The molecule has 252 valence electrons. The fraction of sp³-hybridized carbons (Fsp3) is 0.176. The number of thioether (sulfide) groups is 2. The zero-order chi connectivity index (χ0) is 36.8. The van der Waals surface area contributed by atoms with E-state index in [1.807, 2.05) is 0 Å². The molecule has 0 radical (unpaired) electrons. The first kappa shape index (κ1) is 36.0. The van der Waals surface area contributed by atoms with E-state index in [1.165, 1.54) is 24.3 Å². The van der Waals surface area contributed by atoms with Gasteiger partial charge in [-0.15, -0.1) is 13.2 Å². The molecular formula is C34H15F9N4OS2. The van der Waals surface area contributed by atoms with Crippen LogP contribution in [0.1, 0.15) is 18.1 Å². The van der Waals surface area contributed by atoms with Crippen LogP contribution >= 0.6 is 23.5 Å². The molecule has 50 heavy (non-hydrogen) atoms. The first-order chi connectivity index (χ1) is 23.4. The number of hydrogen-bond acceptors (Lipinski definition) is 5. The molecule has 3 aromatic rings. The summed E-state index contributed by atoms with van der Waals surface area (Å²) in [5, 5.41) is 19.5. The van der Waals surface area contributed by atoms with E-state index in [2.05, 4.69) is 14.4 Å². The number of alkyl halides is 9. The van der Waals surface area contributed by atoms with E-state index in [0.29, 0.717) is 10.8 Å². The number of allylic oxidation sites excluding steroid dienone is 2. The van der Waals surface area contributed by atoms with Gasteiger partial charge in [-0.05, 0) is 105 Å². The summed E-state index contributed by atoms with van der Waals surface area (Å²) in [4.78, 5) is 6.16. The van der Waals surface area contributed by atoms with Gasteiger partial charge in [0.1, 0.15) is 36.6 Å². The van der Waals surface area contributed by atoms with Crippen molar-refractivity contribution in [2.45, 2.75) is 46.9 Å². The predicted molar refractivity (Wildman–Crippen MR) is 166 cm³/mol. The van der Waals surface area contributed by atoms with Gasteiger partial charge in [0.25, 0.3) is 0 Å². The van der Waals surface area contributed by atoms with E-state index < -0.39 is 64.2 Å². The minimum absolute atomic E-state index is 0.0275. The minimum atomic E-state index is -5.35. The summed E-state index contributed by atoms with van der Waals surface area (Å²) in [6, 6.07) is 12.8. The van der Waals surface area contributed by atoms with Crippen molar-refractivity contribution in [3.8, 4) is 34.4 Å². The zero-order valence-corrected chi connectivity index (χ0v) is 26.6. The van der Waals surface area contributed by atoms with Crippen LogP contribution in [0.15, 0.2) is 80.9 Å². The van der Waals surface area contributed by atoms with Crippen molar-refractivity contribution in [2.75, 3.05) is 0 Å². The normalized spacial score (nSPS) is 14.0. The molecule has 0 heterocycles. The Kier molecular flexibility index (Phi) is 9.51. The maximum absolute atomic E-state index is 14.1. The van der Waals surface area contributed by atoms with Gasteiger partial charge in [0.15, 0.2) is 0 Å². The summed E-state index contributed by atoms with van der Waals surface area (Å²) in [5.74, 6) is -1.26. The molecule has 0 atom stereocenters. The Hall–Kier alpha value is -5.29. The van der Waals surface area contributed by atoms with E-state index in [-0.39, 0.29) is 66.2 Å². The van der Waals surface area contributed by atoms with Crippen LogP contribution in [0.2, 0.25) is 0 Å². The number of hydrogen-bond donors (Lipinski definition) is 0. The van der Waals surface area contributed by atoms with Crippen LogP contribution in [-0.4, -0.2) is 17.4 Å². The van der Waals surface area contributed by atoms with Gasteiger partial charge < -0.3 is 4.74 Å². The fourth-order valence-corrected chi connectivity index (χ4v) is 7.10. The smallest absolute Gasteiger partial charge is 0.405 e. The fourth-order valence-electron chi connectivity index (χ4n) is 6.02. The van der Waals surface area contributed by atoms with E-state index in [1.54, 1.807) is 19.1 Å². The van der Waals surface area contributed by atoms with Crippen molar-refractivity contribution in [3.63, 3.8) is 0 Å². The Bertz CT molecular complexity index is 2260. The number of ether oxygens (including phenoxy) is 1. The number of rotatable bonds is 5. The van der Waals surface area contributed by atoms with Crippen LogP contribution in [-0.2, 0) is 17.6 Å². The molecule has 0 amide bonds. The van der Waals surface area contributed by atoms with Gasteiger partial charge in [0.2, 0.25) is 0 Å². The Morgan fingerprint density at radius 1 is 0.700 bits per heavy atom. The lowest BCUT2D eigenvalue weighted by Crippen LogP contribution is -2.26. The average Bonchev–Trinajstić information content (AvgIpc) is 3.54. The molecule has 16 heteroatoms. The van der Waals surface area contributed by atoms with E-state index in [9.17, 15) is 50.0 Å². The highest BCUT2D eigenvalue weighted by molar-refractivity contribution is 8.00. The van der Waals surface area contributed by atoms with E-state index >= 15 is 0 Å². The van der Waals surface area contributed by atoms with Gasteiger partial charge in [-0.2, -0.15) is 46.6 Å². The van der Waals surface area contributed by atoms with Gasteiger partial charge >= 0.3 is 23.2 Å². The lowest BCUT2D eigenvalue weighted by atomic mass is 9.87. The highest BCUT2D eigenvalue weighted by atomic mass is 32.2. The molecule has 0 N–H and O–H groups in total. The number of nitrogens with zero attached hydrogens (tertiary/aromatic N) is 4. The molecule has 2 aliphatic carbocycles. The molecule has 5 rings (SSSR count). The first-order valence-electron chi connectivity index (χ1n) is 13.8. The summed E-state index contributed by atoms with van der Waals surface area (Å²) in [7, 11) is 0. The zero-order valence-electron chi connectivity index (χ0n) is 24.9. The molecule has 0 aliphatic heterocycles. The van der Waals surface area contributed by atoms with Crippen molar-refractivity contribution in [2.24, 2.45) is 0 Å². The molecule has 0 unspecified atom stereocenters. The highest BCUT2D eigenvalue weighted by Crippen LogP contribution is 2.43. The number of nitriles is 2. The molecule has 5 nitrogen and oxygen atoms in total. The van der Waals surface area contributed by atoms with Crippen LogP contribution in [0.3, 0.4) is 0 Å². The second-order valence-corrected chi connectivity index (χ2v) is 12.8. The van der Waals surface area contributed by atoms with Gasteiger partial charge in [0, 0.05) is 27.0 Å². The quantitative estimate of drug-likeness (QED) is 0.113. The number of fused-ring (bicyclic) bond motifs is 2. The predicted octanol–water partition coefficient (Wildman–Crippen LogP) is 9.57. The third-order valence-electron chi connectivity index (χ3n) is 7.72. The molecule has 0 bridgehead atoms. The standard InChI is InChI=1S/C34H15F9N4OS2/c1-16-22(31(46-2)47-3)12-24-26(16)27(17-4-8-20(9-5-17)49-33(38,39)40)25-13-23(19(14-44)15-45)30(48-32(35,36)37)29(25)28(24)18-6-10-21(11-7-18)50-34(41,42)43/h4-11H,12-13H2,1H3. The molecule has 2 aliphatic rings. The monoisotopic (exact) mass is 730 g/mol. The van der Waals surface area contributed by atoms with E-state index in [0.717, 1.165) is 24.3 Å². The van der Waals surface area contributed by atoms with Gasteiger partial charge in [0.05, 0.1) is 5.57 Å². The van der Waals surface area contributed by atoms with Crippen LogP contribution in [0.4, 0.5) is 39.5 Å². The summed E-state index contributed by atoms with van der Waals surface area (Å²) < 4.78 is 125. The van der Waals surface area contributed by atoms with Crippen molar-refractivity contribution in [1.82, 2.24) is 0 Å². The largest absolute Gasteiger partial charge is 0.573 e. The second kappa shape index (κ2) is 13.2. The Morgan fingerprint density at radius 2 is 1.12 bits per heavy atom. The van der Waals surface area contributed by atoms with Crippen molar-refractivity contribution in [3.05, 3.63) is 115 Å². The highest BCUT2D eigenvalue weighted by Gasteiger charge is 2.40. The van der Waals surface area contributed by atoms with Gasteiger partial charge in [-0.3, -0.25) is 0 Å². The van der Waals surface area contributed by atoms with Crippen LogP contribution < -0.4 is 10.4 Å². The topological polar surface area (TPSA) is 65.5 Å². The molecule has 0 saturated carbocycles. The lowest BCUT2D eigenvalue weighted by molar-refractivity contribution is -0.290. The van der Waals surface area contributed by atoms with Crippen LogP contribution in [0.5, 0.6) is 0 Å². The molecule has 0 aromatic heterocycles. The van der Waals surface area contributed by atoms with Gasteiger partial charge in [-0.1, -0.05) is 24.3 Å². The first-order valence-corrected chi connectivity index (χ1v) is 15.5. The Morgan fingerprint density at radius 3 is 1.52 bits per heavy atom. The Balaban J connectivity index is 2.01. The van der Waals surface area contributed by atoms with Crippen molar-refractivity contribution < 1.29 is 44.3 Å². The Labute approximate surface area is 285 Å². The van der Waals surface area contributed by atoms with Crippen molar-refractivity contribution >= 4 is 34.9 Å². The summed E-state index contributed by atoms with van der Waals surface area (Å²) in [5.41, 5.74) is -8.94. The summed E-state index contributed by atoms with van der Waals surface area (Å²) >= 11 is -0.812. The van der Waals surface area contributed by atoms with Crippen molar-refractivity contribution in [1.29, 1.82) is 10.5 Å². The lowest BCUT2D eigenvalue weighted by Gasteiger charge is -2.18. The maximum Gasteiger partial charge on any atom is 0.573 e. The van der Waals surface area contributed by atoms with E-state index in [4.69, 9.17) is 13.1 Å². The van der Waals surface area contributed by atoms with Crippen LogP contribution in [0, 0.1) is 35.8 Å². The molecule has 0 spiro atoms.